The topological polar surface area (TPSA) is 81.2 Å². The molecule has 6 nitrogen and oxygen atoms in total. The van der Waals surface area contributed by atoms with E-state index in [1.807, 2.05) is 0 Å². The Morgan fingerprint density at radius 1 is 1.56 bits per heavy atom. The van der Waals surface area contributed by atoms with Crippen LogP contribution in [0, 0.1) is 5.92 Å². The molecule has 1 N–H and O–H groups in total. The minimum atomic E-state index is -0.523. The van der Waals surface area contributed by atoms with Gasteiger partial charge in [-0.3, -0.25) is 14.2 Å². The first-order chi connectivity index (χ1) is 8.52. The lowest BCUT2D eigenvalue weighted by molar-refractivity contribution is 0.101. The third-order valence-electron chi connectivity index (χ3n) is 3.44. The molecule has 1 aliphatic heterocycles. The predicted molar refractivity (Wildman–Crippen MR) is 65.0 cm³/mol. The fourth-order valence-corrected chi connectivity index (χ4v) is 2.25. The maximum atomic E-state index is 12.1. The smallest absolute Gasteiger partial charge is 0.328 e. The summed E-state index contributed by atoms with van der Waals surface area (Å²) in [4.78, 5) is 37.6. The number of nitrogens with one attached hydrogen (secondary N) is 1. The fourth-order valence-electron chi connectivity index (χ4n) is 2.25. The lowest BCUT2D eigenvalue weighted by atomic mass is 10.0. The summed E-state index contributed by atoms with van der Waals surface area (Å²) >= 11 is 0. The van der Waals surface area contributed by atoms with Crippen LogP contribution in [0.5, 0.6) is 0 Å². The van der Waals surface area contributed by atoms with Crippen molar-refractivity contribution in [2.24, 2.45) is 5.92 Å². The average molecular weight is 252 g/mol. The summed E-state index contributed by atoms with van der Waals surface area (Å²) in [5, 5.41) is 0. The lowest BCUT2D eigenvalue weighted by Crippen LogP contribution is -2.41. The van der Waals surface area contributed by atoms with Gasteiger partial charge in [-0.05, 0) is 20.3 Å². The van der Waals surface area contributed by atoms with Crippen molar-refractivity contribution >= 4 is 5.78 Å². The molecule has 0 spiro atoms. The van der Waals surface area contributed by atoms with Crippen LogP contribution in [-0.2, 0) is 4.74 Å². The molecule has 2 atom stereocenters. The number of nitrogens with zero attached hydrogens (tertiary/aromatic N) is 1. The van der Waals surface area contributed by atoms with Crippen molar-refractivity contribution in [1.29, 1.82) is 0 Å². The summed E-state index contributed by atoms with van der Waals surface area (Å²) in [6, 6.07) is -0.275. The first-order valence-corrected chi connectivity index (χ1v) is 5.95. The molecule has 1 aromatic rings. The molecule has 2 heterocycles. The van der Waals surface area contributed by atoms with E-state index in [0.717, 1.165) is 11.0 Å². The van der Waals surface area contributed by atoms with E-state index in [2.05, 4.69) is 4.98 Å². The molecule has 6 heteroatoms. The highest BCUT2D eigenvalue weighted by molar-refractivity contribution is 5.93. The highest BCUT2D eigenvalue weighted by Crippen LogP contribution is 2.23. The monoisotopic (exact) mass is 252 g/mol. The Hall–Kier alpha value is -1.69. The van der Waals surface area contributed by atoms with Gasteiger partial charge >= 0.3 is 5.69 Å². The van der Waals surface area contributed by atoms with Crippen LogP contribution >= 0.6 is 0 Å². The van der Waals surface area contributed by atoms with Crippen LogP contribution in [0.25, 0.3) is 0 Å². The maximum Gasteiger partial charge on any atom is 0.328 e. The van der Waals surface area contributed by atoms with Gasteiger partial charge in [0.25, 0.3) is 5.56 Å². The summed E-state index contributed by atoms with van der Waals surface area (Å²) in [5.74, 6) is -0.217. The summed E-state index contributed by atoms with van der Waals surface area (Å²) < 4.78 is 6.38. The molecule has 1 saturated heterocycles. The first kappa shape index (κ1) is 12.8. The quantitative estimate of drug-likeness (QED) is 0.786. The Morgan fingerprint density at radius 3 is 2.83 bits per heavy atom. The number of Topliss-reactive ketones (excluding diaryl/α,β-unsaturated/α-hetero) is 1. The Bertz CT molecular complexity index is 566. The standard InChI is InChI=1S/C12H16N2O4/c1-7(9-3-4-18-6-9)14-11(16)10(8(2)15)5-13-12(14)17/h5,7,9H,3-4,6H2,1-2H3,(H,13,17). The summed E-state index contributed by atoms with van der Waals surface area (Å²) in [6.07, 6.45) is 2.00. The van der Waals surface area contributed by atoms with E-state index in [9.17, 15) is 14.4 Å². The number of H-pyrrole nitrogens is 1. The van der Waals surface area contributed by atoms with Crippen molar-refractivity contribution in [3.63, 3.8) is 0 Å². The van der Waals surface area contributed by atoms with Gasteiger partial charge in [-0.25, -0.2) is 4.79 Å². The molecule has 0 saturated carbocycles. The number of hydrogen-bond acceptors (Lipinski definition) is 4. The van der Waals surface area contributed by atoms with Crippen molar-refractivity contribution in [2.45, 2.75) is 26.3 Å². The average Bonchev–Trinajstić information content (AvgIpc) is 2.81. The van der Waals surface area contributed by atoms with Gasteiger partial charge < -0.3 is 9.72 Å². The van der Waals surface area contributed by atoms with E-state index in [1.54, 1.807) is 6.92 Å². The maximum absolute atomic E-state index is 12.1. The molecule has 1 aliphatic rings. The molecule has 2 rings (SSSR count). The second kappa shape index (κ2) is 4.89. The lowest BCUT2D eigenvalue weighted by Gasteiger charge is -2.19. The van der Waals surface area contributed by atoms with Crippen LogP contribution in [0.15, 0.2) is 15.8 Å². The predicted octanol–water partition coefficient (Wildman–Crippen LogP) is 0.337. The molecule has 0 radical (unpaired) electrons. The van der Waals surface area contributed by atoms with Crippen LogP contribution < -0.4 is 11.2 Å². The zero-order valence-electron chi connectivity index (χ0n) is 10.4. The Balaban J connectivity index is 2.49. The van der Waals surface area contributed by atoms with Gasteiger partial charge in [0, 0.05) is 24.8 Å². The van der Waals surface area contributed by atoms with Crippen molar-refractivity contribution < 1.29 is 9.53 Å². The molecular weight excluding hydrogens is 236 g/mol. The van der Waals surface area contributed by atoms with Gasteiger partial charge in [-0.1, -0.05) is 0 Å². The second-order valence-electron chi connectivity index (χ2n) is 4.60. The summed E-state index contributed by atoms with van der Waals surface area (Å²) in [5.41, 5.74) is -0.990. The largest absolute Gasteiger partial charge is 0.381 e. The van der Waals surface area contributed by atoms with E-state index in [0.29, 0.717) is 13.2 Å². The van der Waals surface area contributed by atoms with Crippen molar-refractivity contribution in [1.82, 2.24) is 9.55 Å². The number of hydrogen-bond donors (Lipinski definition) is 1. The van der Waals surface area contributed by atoms with Crippen LogP contribution in [0.2, 0.25) is 0 Å². The highest BCUT2D eigenvalue weighted by atomic mass is 16.5. The molecule has 2 unspecified atom stereocenters. The number of ketones is 1. The van der Waals surface area contributed by atoms with Gasteiger partial charge in [0.05, 0.1) is 12.2 Å². The number of carbonyl (C=O) groups excluding carboxylic acids is 1. The molecule has 0 aromatic carbocycles. The number of ether oxygens (including phenoxy) is 1. The van der Waals surface area contributed by atoms with Crippen LogP contribution in [0.3, 0.4) is 0 Å². The SMILES string of the molecule is CC(=O)c1c[nH]c(=O)n(C(C)C2CCOC2)c1=O. The number of aromatic amines is 1. The minimum absolute atomic E-state index is 0.0142. The third kappa shape index (κ3) is 2.15. The Morgan fingerprint density at radius 2 is 2.28 bits per heavy atom. The molecule has 18 heavy (non-hydrogen) atoms. The summed E-state index contributed by atoms with van der Waals surface area (Å²) in [7, 11) is 0. The van der Waals surface area contributed by atoms with Crippen molar-refractivity contribution in [3.05, 3.63) is 32.6 Å². The molecule has 0 amide bonds. The fraction of sp³-hybridized carbons (Fsp3) is 0.583. The third-order valence-corrected chi connectivity index (χ3v) is 3.44. The molecular formula is C12H16N2O4. The zero-order chi connectivity index (χ0) is 13.3. The van der Waals surface area contributed by atoms with E-state index in [4.69, 9.17) is 4.74 Å². The second-order valence-corrected chi connectivity index (χ2v) is 4.60. The first-order valence-electron chi connectivity index (χ1n) is 5.95. The van der Waals surface area contributed by atoms with E-state index >= 15 is 0 Å². The number of rotatable bonds is 3. The van der Waals surface area contributed by atoms with Crippen molar-refractivity contribution in [2.75, 3.05) is 13.2 Å². The van der Waals surface area contributed by atoms with Gasteiger partial charge in [-0.2, -0.15) is 0 Å². The molecule has 1 fully saturated rings. The van der Waals surface area contributed by atoms with Crippen LogP contribution in [-0.4, -0.2) is 28.5 Å². The zero-order valence-corrected chi connectivity index (χ0v) is 10.4. The van der Waals surface area contributed by atoms with E-state index < -0.39 is 11.2 Å². The van der Waals surface area contributed by atoms with Gasteiger partial charge in [0.2, 0.25) is 0 Å². The molecule has 0 aliphatic carbocycles. The van der Waals surface area contributed by atoms with Gasteiger partial charge in [0.15, 0.2) is 5.78 Å². The van der Waals surface area contributed by atoms with E-state index in [1.165, 1.54) is 13.1 Å². The Kier molecular flexibility index (Phi) is 3.47. The summed E-state index contributed by atoms with van der Waals surface area (Å²) in [6.45, 7) is 4.30. The number of aromatic nitrogens is 2. The van der Waals surface area contributed by atoms with E-state index in [-0.39, 0.29) is 23.3 Å². The van der Waals surface area contributed by atoms with Crippen molar-refractivity contribution in [3.8, 4) is 0 Å². The van der Waals surface area contributed by atoms with Gasteiger partial charge in [-0.15, -0.1) is 0 Å². The Labute approximate surface area is 104 Å². The highest BCUT2D eigenvalue weighted by Gasteiger charge is 2.26. The van der Waals surface area contributed by atoms with Crippen LogP contribution in [0.1, 0.15) is 36.7 Å². The normalized spacial score (nSPS) is 20.9. The molecule has 98 valence electrons. The molecule has 0 bridgehead atoms. The number of carbonyl (C=O) groups is 1. The van der Waals surface area contributed by atoms with Gasteiger partial charge in [0.1, 0.15) is 0 Å². The molecule has 1 aromatic heterocycles. The van der Waals surface area contributed by atoms with Crippen LogP contribution in [0.4, 0.5) is 0 Å². The minimum Gasteiger partial charge on any atom is -0.381 e.